The lowest BCUT2D eigenvalue weighted by molar-refractivity contribution is -0.127. The molecule has 4 heteroatoms. The molecule has 0 fully saturated rings. The van der Waals surface area contributed by atoms with Gasteiger partial charge in [-0.1, -0.05) is 39.0 Å². The van der Waals surface area contributed by atoms with Crippen molar-refractivity contribution in [1.82, 2.24) is 5.32 Å². The first-order valence-corrected chi connectivity index (χ1v) is 8.21. The highest BCUT2D eigenvalue weighted by molar-refractivity contribution is 6.00. The minimum atomic E-state index is -0.426. The van der Waals surface area contributed by atoms with E-state index < -0.39 is 6.04 Å². The summed E-state index contributed by atoms with van der Waals surface area (Å²) < 4.78 is 0. The Bertz CT molecular complexity index is 540. The maximum atomic E-state index is 12.9. The van der Waals surface area contributed by atoms with Crippen LogP contribution in [0.15, 0.2) is 24.3 Å². The van der Waals surface area contributed by atoms with Gasteiger partial charge in [-0.15, -0.1) is 0 Å². The van der Waals surface area contributed by atoms with Gasteiger partial charge in [0, 0.05) is 18.7 Å². The number of carbonyl (C=O) groups is 2. The van der Waals surface area contributed by atoms with E-state index in [1.165, 1.54) is 5.56 Å². The third-order valence-corrected chi connectivity index (χ3v) is 3.97. The lowest BCUT2D eigenvalue weighted by Gasteiger charge is -2.26. The van der Waals surface area contributed by atoms with Gasteiger partial charge in [-0.2, -0.15) is 0 Å². The summed E-state index contributed by atoms with van der Waals surface area (Å²) in [7, 11) is 0. The van der Waals surface area contributed by atoms with Crippen molar-refractivity contribution in [2.75, 3.05) is 11.4 Å². The number of hydrogen-bond donors (Lipinski definition) is 1. The second kappa shape index (κ2) is 7.43. The molecule has 2 amide bonds. The zero-order valence-electron chi connectivity index (χ0n) is 13.8. The van der Waals surface area contributed by atoms with Gasteiger partial charge in [0.1, 0.15) is 6.04 Å². The first kappa shape index (κ1) is 16.5. The third-order valence-electron chi connectivity index (χ3n) is 3.97. The van der Waals surface area contributed by atoms with Gasteiger partial charge in [0.2, 0.25) is 11.8 Å². The molecule has 1 heterocycles. The van der Waals surface area contributed by atoms with Crippen LogP contribution < -0.4 is 10.2 Å². The number of anilines is 1. The number of nitrogens with one attached hydrogen (secondary N) is 1. The standard InChI is InChI=1S/C18H26N2O2/c1-4-7-17(21)19-15(12-13(2)3)18(22)20-11-10-14-8-5-6-9-16(14)20/h5-6,8-9,13,15H,4,7,10-12H2,1-3H3,(H,19,21)/t15-/m1/s1. The molecule has 0 unspecified atom stereocenters. The molecule has 0 saturated carbocycles. The van der Waals surface area contributed by atoms with Gasteiger partial charge in [0.15, 0.2) is 0 Å². The van der Waals surface area contributed by atoms with Crippen molar-refractivity contribution in [3.8, 4) is 0 Å². The molecule has 1 aliphatic rings. The number of carbonyl (C=O) groups excluding carboxylic acids is 2. The minimum Gasteiger partial charge on any atom is -0.344 e. The van der Waals surface area contributed by atoms with E-state index in [0.29, 0.717) is 25.3 Å². The van der Waals surface area contributed by atoms with Crippen LogP contribution in [0.4, 0.5) is 5.69 Å². The van der Waals surface area contributed by atoms with E-state index >= 15 is 0 Å². The number of nitrogens with zero attached hydrogens (tertiary/aromatic N) is 1. The Balaban J connectivity index is 2.13. The van der Waals surface area contributed by atoms with Crippen LogP contribution in [0.25, 0.3) is 0 Å². The molecular formula is C18H26N2O2. The molecule has 22 heavy (non-hydrogen) atoms. The van der Waals surface area contributed by atoms with E-state index in [2.05, 4.69) is 25.2 Å². The Morgan fingerprint density at radius 2 is 2.00 bits per heavy atom. The van der Waals surface area contributed by atoms with Crippen molar-refractivity contribution in [3.05, 3.63) is 29.8 Å². The maximum Gasteiger partial charge on any atom is 0.249 e. The van der Waals surface area contributed by atoms with Crippen molar-refractivity contribution in [3.63, 3.8) is 0 Å². The predicted octanol–water partition coefficient (Wildman–Crippen LogP) is 2.91. The van der Waals surface area contributed by atoms with Gasteiger partial charge in [-0.25, -0.2) is 0 Å². The summed E-state index contributed by atoms with van der Waals surface area (Å²) in [5, 5.41) is 2.93. The summed E-state index contributed by atoms with van der Waals surface area (Å²) in [5.74, 6) is 0.339. The number of fused-ring (bicyclic) bond motifs is 1. The van der Waals surface area contributed by atoms with Crippen LogP contribution in [-0.2, 0) is 16.0 Å². The molecule has 1 atom stereocenters. The number of hydrogen-bond acceptors (Lipinski definition) is 2. The zero-order chi connectivity index (χ0) is 16.1. The predicted molar refractivity (Wildman–Crippen MR) is 88.8 cm³/mol. The molecule has 1 N–H and O–H groups in total. The summed E-state index contributed by atoms with van der Waals surface area (Å²) in [5.41, 5.74) is 2.20. The summed E-state index contributed by atoms with van der Waals surface area (Å²) >= 11 is 0. The molecule has 1 aromatic rings. The van der Waals surface area contributed by atoms with Gasteiger partial charge in [-0.05, 0) is 36.8 Å². The van der Waals surface area contributed by atoms with Gasteiger partial charge in [0.05, 0.1) is 0 Å². The van der Waals surface area contributed by atoms with Gasteiger partial charge >= 0.3 is 0 Å². The summed E-state index contributed by atoms with van der Waals surface area (Å²) in [6.07, 6.45) is 2.83. The molecule has 0 bridgehead atoms. The second-order valence-electron chi connectivity index (χ2n) is 6.37. The normalized spacial score (nSPS) is 14.8. The molecule has 0 aliphatic carbocycles. The van der Waals surface area contributed by atoms with Gasteiger partial charge in [0.25, 0.3) is 0 Å². The summed E-state index contributed by atoms with van der Waals surface area (Å²) in [6, 6.07) is 7.58. The summed E-state index contributed by atoms with van der Waals surface area (Å²) in [6.45, 7) is 6.82. The lowest BCUT2D eigenvalue weighted by atomic mass is 10.0. The van der Waals surface area contributed by atoms with Crippen molar-refractivity contribution < 1.29 is 9.59 Å². The Kier molecular flexibility index (Phi) is 5.58. The molecule has 0 spiro atoms. The zero-order valence-corrected chi connectivity index (χ0v) is 13.8. The number of para-hydroxylation sites is 1. The largest absolute Gasteiger partial charge is 0.344 e. The Morgan fingerprint density at radius 3 is 2.68 bits per heavy atom. The fourth-order valence-corrected chi connectivity index (χ4v) is 2.94. The molecule has 120 valence electrons. The first-order valence-electron chi connectivity index (χ1n) is 8.21. The van der Waals surface area contributed by atoms with Gasteiger partial charge in [-0.3, -0.25) is 9.59 Å². The molecule has 0 aromatic heterocycles. The Morgan fingerprint density at radius 1 is 1.27 bits per heavy atom. The van der Waals surface area contributed by atoms with E-state index in [-0.39, 0.29) is 11.8 Å². The molecule has 1 aliphatic heterocycles. The van der Waals surface area contributed by atoms with Crippen LogP contribution in [0.1, 0.15) is 45.6 Å². The van der Waals surface area contributed by atoms with Crippen molar-refractivity contribution in [2.45, 2.75) is 52.5 Å². The number of rotatable bonds is 6. The monoisotopic (exact) mass is 302 g/mol. The highest BCUT2D eigenvalue weighted by Crippen LogP contribution is 2.28. The van der Waals surface area contributed by atoms with E-state index in [1.807, 2.05) is 30.0 Å². The highest BCUT2D eigenvalue weighted by Gasteiger charge is 2.31. The maximum absolute atomic E-state index is 12.9. The van der Waals surface area contributed by atoms with Crippen LogP contribution >= 0.6 is 0 Å². The van der Waals surface area contributed by atoms with Crippen LogP contribution in [0.2, 0.25) is 0 Å². The topological polar surface area (TPSA) is 49.4 Å². The first-order chi connectivity index (χ1) is 10.5. The van der Waals surface area contributed by atoms with E-state index in [0.717, 1.165) is 18.5 Å². The molecule has 2 rings (SSSR count). The fourth-order valence-electron chi connectivity index (χ4n) is 2.94. The third kappa shape index (κ3) is 3.87. The molecule has 1 aromatic carbocycles. The van der Waals surface area contributed by atoms with Crippen LogP contribution in [-0.4, -0.2) is 24.4 Å². The molecular weight excluding hydrogens is 276 g/mol. The second-order valence-corrected chi connectivity index (χ2v) is 6.37. The SMILES string of the molecule is CCCC(=O)N[C@H](CC(C)C)C(=O)N1CCc2ccccc21. The van der Waals surface area contributed by atoms with Crippen molar-refractivity contribution >= 4 is 17.5 Å². The lowest BCUT2D eigenvalue weighted by Crippen LogP contribution is -2.48. The number of benzene rings is 1. The van der Waals surface area contributed by atoms with Crippen LogP contribution in [0, 0.1) is 5.92 Å². The minimum absolute atomic E-state index is 0.0168. The van der Waals surface area contributed by atoms with E-state index in [4.69, 9.17) is 0 Å². The smallest absolute Gasteiger partial charge is 0.249 e. The molecule has 0 radical (unpaired) electrons. The molecule has 0 saturated heterocycles. The quantitative estimate of drug-likeness (QED) is 0.878. The van der Waals surface area contributed by atoms with E-state index in [1.54, 1.807) is 0 Å². The summed E-state index contributed by atoms with van der Waals surface area (Å²) in [4.78, 5) is 26.6. The van der Waals surface area contributed by atoms with Crippen molar-refractivity contribution in [1.29, 1.82) is 0 Å². The van der Waals surface area contributed by atoms with Crippen LogP contribution in [0.5, 0.6) is 0 Å². The average molecular weight is 302 g/mol. The number of amides is 2. The van der Waals surface area contributed by atoms with Gasteiger partial charge < -0.3 is 10.2 Å². The average Bonchev–Trinajstić information content (AvgIpc) is 2.89. The Hall–Kier alpha value is -1.84. The van der Waals surface area contributed by atoms with E-state index in [9.17, 15) is 9.59 Å². The van der Waals surface area contributed by atoms with Crippen LogP contribution in [0.3, 0.4) is 0 Å². The molecule has 4 nitrogen and oxygen atoms in total. The fraction of sp³-hybridized carbons (Fsp3) is 0.556. The highest BCUT2D eigenvalue weighted by atomic mass is 16.2. The Labute approximate surface area is 132 Å². The van der Waals surface area contributed by atoms with Crippen molar-refractivity contribution in [2.24, 2.45) is 5.92 Å².